The van der Waals surface area contributed by atoms with Gasteiger partial charge in [-0.15, -0.1) is 0 Å². The van der Waals surface area contributed by atoms with Crippen LogP contribution in [-0.2, 0) is 19.1 Å². The zero-order chi connectivity index (χ0) is 34.8. The van der Waals surface area contributed by atoms with E-state index < -0.39 is 0 Å². The molecule has 0 aromatic carbocycles. The third-order valence-corrected chi connectivity index (χ3v) is 16.8. The number of carbonyl (C=O) groups is 2. The lowest BCUT2D eigenvalue weighted by Gasteiger charge is -2.61. The van der Waals surface area contributed by atoms with Gasteiger partial charge < -0.3 is 19.7 Å². The van der Waals surface area contributed by atoms with E-state index in [-0.39, 0.29) is 36.7 Å². The van der Waals surface area contributed by atoms with Crippen LogP contribution < -0.4 is 5.32 Å². The Morgan fingerprint density at radius 3 is 2.32 bits per heavy atom. The van der Waals surface area contributed by atoms with Crippen LogP contribution in [0.15, 0.2) is 0 Å². The summed E-state index contributed by atoms with van der Waals surface area (Å²) in [5.74, 6) is 4.25. The van der Waals surface area contributed by atoms with E-state index in [4.69, 9.17) is 9.47 Å². The Balaban J connectivity index is 0.812. The number of amides is 2. The van der Waals surface area contributed by atoms with Crippen molar-refractivity contribution in [3.8, 4) is 0 Å². The Bertz CT molecular complexity index is 1240. The molecular formula is C41H67FN4O4. The summed E-state index contributed by atoms with van der Waals surface area (Å²) in [6.45, 7) is 16.4. The number of nitrogens with zero attached hydrogens (tertiary/aromatic N) is 3. The Morgan fingerprint density at radius 2 is 1.60 bits per heavy atom. The largest absolute Gasteiger partial charge is 0.353 e. The Morgan fingerprint density at radius 1 is 0.840 bits per heavy atom. The van der Waals surface area contributed by atoms with Crippen LogP contribution in [0, 0.1) is 52.3 Å². The molecule has 8 aliphatic rings. The summed E-state index contributed by atoms with van der Waals surface area (Å²) in [5, 5.41) is 3.34. The highest BCUT2D eigenvalue weighted by molar-refractivity contribution is 5.97. The van der Waals surface area contributed by atoms with Gasteiger partial charge in [0.2, 0.25) is 11.8 Å². The van der Waals surface area contributed by atoms with Gasteiger partial charge in [0, 0.05) is 70.2 Å². The highest BCUT2D eigenvalue weighted by Crippen LogP contribution is 2.71. The van der Waals surface area contributed by atoms with E-state index in [1.807, 2.05) is 4.90 Å². The lowest BCUT2D eigenvalue weighted by atomic mass is 9.44. The van der Waals surface area contributed by atoms with E-state index in [0.29, 0.717) is 53.2 Å². The van der Waals surface area contributed by atoms with E-state index in [1.165, 1.54) is 44.9 Å². The number of rotatable bonds is 6. The minimum absolute atomic E-state index is 0.0183. The highest BCUT2D eigenvalue weighted by atomic mass is 19.1. The summed E-state index contributed by atoms with van der Waals surface area (Å²) < 4.78 is 26.3. The van der Waals surface area contributed by atoms with Crippen LogP contribution in [0.2, 0.25) is 0 Å². The van der Waals surface area contributed by atoms with Gasteiger partial charge in [0.05, 0.1) is 12.7 Å². The maximum Gasteiger partial charge on any atom is 0.232 e. The quantitative estimate of drug-likeness (QED) is 0.349. The summed E-state index contributed by atoms with van der Waals surface area (Å²) in [5.41, 5.74) is 0.698. The van der Waals surface area contributed by atoms with Gasteiger partial charge in [0.25, 0.3) is 0 Å². The molecule has 2 amide bonds. The Hall–Kier alpha value is -1.29. The molecule has 0 bridgehead atoms. The molecule has 4 saturated carbocycles. The molecule has 282 valence electrons. The molecule has 0 aromatic rings. The van der Waals surface area contributed by atoms with Crippen LogP contribution in [0.5, 0.6) is 0 Å². The molecule has 0 aromatic heterocycles. The van der Waals surface area contributed by atoms with Crippen molar-refractivity contribution in [2.75, 3.05) is 59.1 Å². The van der Waals surface area contributed by atoms with E-state index in [0.717, 1.165) is 95.7 Å². The van der Waals surface area contributed by atoms with E-state index in [1.54, 1.807) is 0 Å². The van der Waals surface area contributed by atoms with Crippen molar-refractivity contribution in [1.29, 1.82) is 0 Å². The molecule has 8 rings (SSSR count). The Kier molecular flexibility index (Phi) is 9.89. The smallest absolute Gasteiger partial charge is 0.232 e. The van der Waals surface area contributed by atoms with E-state index in [2.05, 4.69) is 42.8 Å². The molecule has 4 saturated heterocycles. The first-order valence-corrected chi connectivity index (χ1v) is 20.9. The molecule has 4 aliphatic heterocycles. The van der Waals surface area contributed by atoms with Crippen LogP contribution in [0.4, 0.5) is 4.39 Å². The van der Waals surface area contributed by atoms with Gasteiger partial charge in [0.1, 0.15) is 13.1 Å². The van der Waals surface area contributed by atoms with Crippen molar-refractivity contribution in [3.05, 3.63) is 0 Å². The second-order valence-corrected chi connectivity index (χ2v) is 19.1. The number of nitrogens with one attached hydrogen (secondary N) is 1. The van der Waals surface area contributed by atoms with Crippen molar-refractivity contribution in [2.45, 2.75) is 135 Å². The summed E-state index contributed by atoms with van der Waals surface area (Å²) in [7, 11) is 0. The van der Waals surface area contributed by atoms with Crippen molar-refractivity contribution in [3.63, 3.8) is 0 Å². The molecule has 8 fully saturated rings. The summed E-state index contributed by atoms with van der Waals surface area (Å²) in [6, 6.07) is 0.678. The predicted molar refractivity (Wildman–Crippen MR) is 192 cm³/mol. The number of carbonyl (C=O) groups excluding carboxylic acids is 2. The summed E-state index contributed by atoms with van der Waals surface area (Å²) >= 11 is 0. The monoisotopic (exact) mass is 699 g/mol. The second kappa shape index (κ2) is 13.8. The van der Waals surface area contributed by atoms with Gasteiger partial charge >= 0.3 is 0 Å². The molecule has 4 aliphatic carbocycles. The lowest BCUT2D eigenvalue weighted by Crippen LogP contribution is -2.56. The van der Waals surface area contributed by atoms with Gasteiger partial charge in [-0.1, -0.05) is 27.7 Å². The maximum absolute atomic E-state index is 13.2. The first-order valence-electron chi connectivity index (χ1n) is 20.9. The molecule has 50 heavy (non-hydrogen) atoms. The van der Waals surface area contributed by atoms with Gasteiger partial charge in [-0.2, -0.15) is 0 Å². The van der Waals surface area contributed by atoms with Crippen LogP contribution in [0.25, 0.3) is 0 Å². The molecule has 1 unspecified atom stereocenters. The topological polar surface area (TPSA) is 74.3 Å². The number of hydrogen-bond donors (Lipinski definition) is 1. The number of halogens is 1. The summed E-state index contributed by atoms with van der Waals surface area (Å²) in [4.78, 5) is 33.0. The fourth-order valence-electron chi connectivity index (χ4n) is 13.9. The average molecular weight is 699 g/mol. The highest BCUT2D eigenvalue weighted by Gasteiger charge is 2.69. The fourth-order valence-corrected chi connectivity index (χ4v) is 13.9. The van der Waals surface area contributed by atoms with Crippen LogP contribution in [0.1, 0.15) is 111 Å². The third kappa shape index (κ3) is 6.18. The predicted octanol–water partition coefficient (Wildman–Crippen LogP) is 5.89. The number of piperidine rings is 1. The standard InChI is InChI=1S/C41H67FN4O4/c1-27-7-14-41(49-26-27)28(2)38-35(50-41)24-34-32-6-5-29-23-30(8-12-39(29,3)33(32)9-13-40(34,38)4)43-36(47)25-37(48)46-16-10-31(11-17-46)45-21-19-44(18-15-42)20-22-45/h27-35,38H,5-26H2,1-4H3,(H,43,47)/t27-,28+,29-,30+,32-,33?,34+,35+,38+,39+,40+,41-/m1/s1. The fraction of sp³-hybridized carbons (Fsp3) is 0.951. The molecule has 0 radical (unpaired) electrons. The van der Waals surface area contributed by atoms with Crippen molar-refractivity contribution >= 4 is 11.8 Å². The van der Waals surface area contributed by atoms with Crippen LogP contribution >= 0.6 is 0 Å². The SMILES string of the molecule is C[C@@H]1CC[C@@]2(OC1)O[C@H]1C[C@H]3[C@@H]4CC[C@@H]5C[C@@H](NC(=O)CC(=O)N6CCC(N7CCN(CCF)CC7)CC6)CC[C@]5(C)C4CC[C@]3(C)[C@H]1[C@@H]2C. The number of likely N-dealkylation sites (tertiary alicyclic amines) is 1. The van der Waals surface area contributed by atoms with Gasteiger partial charge in [-0.3, -0.25) is 19.4 Å². The molecular weight excluding hydrogens is 631 g/mol. The minimum atomic E-state index is -0.338. The van der Waals surface area contributed by atoms with Gasteiger partial charge in [-0.05, 0) is 117 Å². The molecule has 12 atom stereocenters. The normalized spacial score (nSPS) is 47.0. The number of hydrogen-bond acceptors (Lipinski definition) is 6. The van der Waals surface area contributed by atoms with Gasteiger partial charge in [0.15, 0.2) is 5.79 Å². The average Bonchev–Trinajstić information content (AvgIpc) is 3.56. The van der Waals surface area contributed by atoms with Crippen molar-refractivity contribution in [1.82, 2.24) is 20.0 Å². The Labute approximate surface area is 301 Å². The molecule has 4 heterocycles. The maximum atomic E-state index is 13.2. The molecule has 1 spiro atoms. The summed E-state index contributed by atoms with van der Waals surface area (Å²) in [6.07, 6.45) is 14.3. The van der Waals surface area contributed by atoms with Crippen LogP contribution in [0.3, 0.4) is 0 Å². The molecule has 9 heteroatoms. The number of alkyl halides is 1. The molecule has 8 nitrogen and oxygen atoms in total. The number of piperazine rings is 1. The minimum Gasteiger partial charge on any atom is -0.353 e. The second-order valence-electron chi connectivity index (χ2n) is 19.1. The van der Waals surface area contributed by atoms with E-state index >= 15 is 0 Å². The first kappa shape index (κ1) is 35.7. The first-order chi connectivity index (χ1) is 24.0. The zero-order valence-electron chi connectivity index (χ0n) is 31.7. The zero-order valence-corrected chi connectivity index (χ0v) is 31.7. The van der Waals surface area contributed by atoms with Crippen molar-refractivity contribution < 1.29 is 23.5 Å². The number of ether oxygens (including phenoxy) is 2. The van der Waals surface area contributed by atoms with E-state index in [9.17, 15) is 14.0 Å². The lowest BCUT2D eigenvalue weighted by molar-refractivity contribution is -0.273. The third-order valence-electron chi connectivity index (χ3n) is 16.8. The van der Waals surface area contributed by atoms with Gasteiger partial charge in [-0.25, -0.2) is 4.39 Å². The molecule has 1 N–H and O–H groups in total. The van der Waals surface area contributed by atoms with Crippen LogP contribution in [-0.4, -0.2) is 110 Å². The van der Waals surface area contributed by atoms with Crippen molar-refractivity contribution in [2.24, 2.45) is 52.3 Å². The number of fused-ring (bicyclic) bond motifs is 7.